The minimum atomic E-state index is 0.000156. The van der Waals surface area contributed by atoms with Crippen LogP contribution in [0.5, 0.6) is 5.75 Å². The van der Waals surface area contributed by atoms with Gasteiger partial charge in [0, 0.05) is 0 Å². The summed E-state index contributed by atoms with van der Waals surface area (Å²) in [6, 6.07) is 9.81. The third-order valence-electron chi connectivity index (χ3n) is 3.30. The minimum Gasteiger partial charge on any atom is -0.497 e. The number of rotatable bonds is 5. The maximum Gasteiger partial charge on any atom is 0.262 e. The first-order chi connectivity index (χ1) is 9.65. The lowest BCUT2D eigenvalue weighted by Crippen LogP contribution is -2.27. The van der Waals surface area contributed by atoms with Crippen molar-refractivity contribution in [3.8, 4) is 5.75 Å². The number of hydrogen-bond donors (Lipinski definition) is 1. The molecule has 0 saturated carbocycles. The Labute approximate surface area is 123 Å². The van der Waals surface area contributed by atoms with Crippen LogP contribution in [-0.4, -0.2) is 13.0 Å². The van der Waals surface area contributed by atoms with Crippen molar-refractivity contribution in [1.82, 2.24) is 5.32 Å². The van der Waals surface area contributed by atoms with E-state index in [2.05, 4.69) is 12.2 Å². The number of nitrogens with one attached hydrogen (secondary N) is 1. The Kier molecular flexibility index (Phi) is 4.79. The van der Waals surface area contributed by atoms with Gasteiger partial charge in [0.15, 0.2) is 0 Å². The van der Waals surface area contributed by atoms with Crippen molar-refractivity contribution >= 4 is 17.2 Å². The Hall–Kier alpha value is -1.81. The Balaban J connectivity index is 2.12. The molecule has 0 aliphatic heterocycles. The zero-order valence-corrected chi connectivity index (χ0v) is 12.8. The summed E-state index contributed by atoms with van der Waals surface area (Å²) in [6.45, 7) is 4.02. The minimum absolute atomic E-state index is 0.000156. The van der Waals surface area contributed by atoms with Crippen LogP contribution in [0.15, 0.2) is 35.7 Å². The second kappa shape index (κ2) is 6.57. The molecule has 1 unspecified atom stereocenters. The zero-order valence-electron chi connectivity index (χ0n) is 12.0. The molecular formula is C16H19NO2S. The number of thiophene rings is 1. The smallest absolute Gasteiger partial charge is 0.262 e. The lowest BCUT2D eigenvalue weighted by molar-refractivity contribution is 0.0939. The summed E-state index contributed by atoms with van der Waals surface area (Å²) in [4.78, 5) is 13.1. The molecule has 1 N–H and O–H groups in total. The average Bonchev–Trinajstić information content (AvgIpc) is 2.91. The van der Waals surface area contributed by atoms with Crippen LogP contribution < -0.4 is 10.1 Å². The van der Waals surface area contributed by atoms with Crippen LogP contribution in [0, 0.1) is 6.92 Å². The summed E-state index contributed by atoms with van der Waals surface area (Å²) in [6.07, 6.45) is 0.850. The first-order valence-corrected chi connectivity index (χ1v) is 7.52. The molecule has 0 radical (unpaired) electrons. The van der Waals surface area contributed by atoms with Crippen LogP contribution in [0.1, 0.15) is 40.2 Å². The van der Waals surface area contributed by atoms with Gasteiger partial charge in [-0.3, -0.25) is 4.79 Å². The Morgan fingerprint density at radius 1 is 1.30 bits per heavy atom. The van der Waals surface area contributed by atoms with Crippen molar-refractivity contribution in [3.63, 3.8) is 0 Å². The molecule has 0 spiro atoms. The molecule has 0 bridgehead atoms. The van der Waals surface area contributed by atoms with E-state index in [9.17, 15) is 4.79 Å². The quantitative estimate of drug-likeness (QED) is 0.905. The summed E-state index contributed by atoms with van der Waals surface area (Å²) in [5, 5.41) is 5.04. The van der Waals surface area contributed by atoms with Crippen LogP contribution in [0.4, 0.5) is 0 Å². The Morgan fingerprint density at radius 2 is 2.00 bits per heavy atom. The molecule has 4 heteroatoms. The first-order valence-electron chi connectivity index (χ1n) is 6.64. The van der Waals surface area contributed by atoms with Crippen LogP contribution in [-0.2, 0) is 0 Å². The van der Waals surface area contributed by atoms with Gasteiger partial charge < -0.3 is 10.1 Å². The molecule has 0 aliphatic carbocycles. The number of ether oxygens (including phenoxy) is 1. The third-order valence-corrected chi connectivity index (χ3v) is 4.32. The van der Waals surface area contributed by atoms with Gasteiger partial charge in [0.2, 0.25) is 0 Å². The lowest BCUT2D eigenvalue weighted by atomic mass is 10.0. The van der Waals surface area contributed by atoms with Crippen molar-refractivity contribution < 1.29 is 9.53 Å². The number of methoxy groups -OCH3 is 1. The second-order valence-electron chi connectivity index (χ2n) is 4.64. The van der Waals surface area contributed by atoms with Crippen LogP contribution in [0.25, 0.3) is 0 Å². The summed E-state index contributed by atoms with van der Waals surface area (Å²) in [5.74, 6) is 0.823. The van der Waals surface area contributed by atoms with Crippen molar-refractivity contribution in [3.05, 3.63) is 51.7 Å². The number of amides is 1. The van der Waals surface area contributed by atoms with Gasteiger partial charge >= 0.3 is 0 Å². The number of aryl methyl sites for hydroxylation is 1. The fourth-order valence-corrected chi connectivity index (χ4v) is 2.91. The maximum absolute atomic E-state index is 12.3. The predicted octanol–water partition coefficient (Wildman–Crippen LogP) is 3.95. The van der Waals surface area contributed by atoms with E-state index in [0.29, 0.717) is 0 Å². The number of carbonyl (C=O) groups excluding carboxylic acids is 1. The third kappa shape index (κ3) is 3.20. The fourth-order valence-electron chi connectivity index (χ4n) is 2.09. The first kappa shape index (κ1) is 14.6. The van der Waals surface area contributed by atoms with E-state index in [1.54, 1.807) is 7.11 Å². The van der Waals surface area contributed by atoms with Crippen molar-refractivity contribution in [1.29, 1.82) is 0 Å². The standard InChI is InChI=1S/C16H19NO2S/c1-4-14(12-5-7-13(19-3)8-6-12)17-16(18)15-11(2)9-10-20-15/h5-10,14H,4H2,1-3H3,(H,17,18). The number of hydrogen-bond acceptors (Lipinski definition) is 3. The van der Waals surface area contributed by atoms with Gasteiger partial charge in [-0.05, 0) is 48.1 Å². The molecule has 106 valence electrons. The largest absolute Gasteiger partial charge is 0.497 e. The molecule has 1 heterocycles. The average molecular weight is 289 g/mol. The van der Waals surface area contributed by atoms with Gasteiger partial charge in [0.05, 0.1) is 18.0 Å². The number of benzene rings is 1. The Morgan fingerprint density at radius 3 is 2.50 bits per heavy atom. The van der Waals surface area contributed by atoms with Gasteiger partial charge in [0.25, 0.3) is 5.91 Å². The van der Waals surface area contributed by atoms with Gasteiger partial charge in [0.1, 0.15) is 5.75 Å². The molecule has 3 nitrogen and oxygen atoms in total. The van der Waals surface area contributed by atoms with E-state index in [-0.39, 0.29) is 11.9 Å². The van der Waals surface area contributed by atoms with E-state index >= 15 is 0 Å². The summed E-state index contributed by atoms with van der Waals surface area (Å²) >= 11 is 1.48. The van der Waals surface area contributed by atoms with E-state index in [0.717, 1.165) is 28.2 Å². The molecule has 2 rings (SSSR count). The molecule has 2 aromatic rings. The van der Waals surface area contributed by atoms with E-state index in [4.69, 9.17) is 4.74 Å². The van der Waals surface area contributed by atoms with Gasteiger partial charge in [-0.1, -0.05) is 19.1 Å². The maximum atomic E-state index is 12.3. The van der Waals surface area contributed by atoms with Gasteiger partial charge in [-0.2, -0.15) is 0 Å². The molecule has 1 atom stereocenters. The molecule has 20 heavy (non-hydrogen) atoms. The summed E-state index contributed by atoms with van der Waals surface area (Å²) < 4.78 is 5.15. The van der Waals surface area contributed by atoms with Crippen LogP contribution in [0.2, 0.25) is 0 Å². The molecule has 1 amide bonds. The molecule has 0 aliphatic rings. The summed E-state index contributed by atoms with van der Waals surface area (Å²) in [5.41, 5.74) is 2.12. The van der Waals surface area contributed by atoms with E-state index < -0.39 is 0 Å². The van der Waals surface area contributed by atoms with Crippen molar-refractivity contribution in [2.45, 2.75) is 26.3 Å². The molecule has 0 fully saturated rings. The highest BCUT2D eigenvalue weighted by molar-refractivity contribution is 7.12. The molecule has 1 aromatic heterocycles. The highest BCUT2D eigenvalue weighted by atomic mass is 32.1. The monoisotopic (exact) mass is 289 g/mol. The normalized spacial score (nSPS) is 11.9. The van der Waals surface area contributed by atoms with Crippen molar-refractivity contribution in [2.75, 3.05) is 7.11 Å². The van der Waals surface area contributed by atoms with Gasteiger partial charge in [-0.15, -0.1) is 11.3 Å². The van der Waals surface area contributed by atoms with Crippen LogP contribution in [0.3, 0.4) is 0 Å². The predicted molar refractivity (Wildman–Crippen MR) is 82.5 cm³/mol. The van der Waals surface area contributed by atoms with E-state index in [1.165, 1.54) is 11.3 Å². The second-order valence-corrected chi connectivity index (χ2v) is 5.56. The summed E-state index contributed by atoms with van der Waals surface area (Å²) in [7, 11) is 1.65. The van der Waals surface area contributed by atoms with E-state index in [1.807, 2.05) is 42.6 Å². The zero-order chi connectivity index (χ0) is 14.5. The highest BCUT2D eigenvalue weighted by Crippen LogP contribution is 2.22. The molecular weight excluding hydrogens is 270 g/mol. The topological polar surface area (TPSA) is 38.3 Å². The fraction of sp³-hybridized carbons (Fsp3) is 0.312. The molecule has 1 aromatic carbocycles. The van der Waals surface area contributed by atoms with Crippen LogP contribution >= 0.6 is 11.3 Å². The molecule has 0 saturated heterocycles. The van der Waals surface area contributed by atoms with Gasteiger partial charge in [-0.25, -0.2) is 0 Å². The SMILES string of the molecule is CCC(NC(=O)c1sccc1C)c1ccc(OC)cc1. The Bertz CT molecular complexity index is 574. The van der Waals surface area contributed by atoms with Crippen molar-refractivity contribution in [2.24, 2.45) is 0 Å². The number of carbonyl (C=O) groups is 1. The highest BCUT2D eigenvalue weighted by Gasteiger charge is 2.16. The lowest BCUT2D eigenvalue weighted by Gasteiger charge is -2.17.